The Morgan fingerprint density at radius 3 is 2.50 bits per heavy atom. The van der Waals surface area contributed by atoms with E-state index in [1.807, 2.05) is 0 Å². The fourth-order valence-electron chi connectivity index (χ4n) is 1.39. The van der Waals surface area contributed by atoms with Crippen LogP contribution in [0, 0.1) is 0 Å². The Balaban J connectivity index is 2.41. The van der Waals surface area contributed by atoms with E-state index < -0.39 is 0 Å². The van der Waals surface area contributed by atoms with Crippen LogP contribution in [-0.4, -0.2) is 5.66 Å². The van der Waals surface area contributed by atoms with Gasteiger partial charge in [0.2, 0.25) is 0 Å². The SMILES string of the molecule is CCC[C@H](P)Cc1ccccc1. The van der Waals surface area contributed by atoms with Crippen LogP contribution in [0.4, 0.5) is 0 Å². The zero-order chi connectivity index (χ0) is 8.81. The summed E-state index contributed by atoms with van der Waals surface area (Å²) in [7, 11) is 2.93. The molecule has 0 spiro atoms. The molecular formula is C11H17P. The molecule has 1 aromatic carbocycles. The minimum Gasteiger partial charge on any atom is -0.134 e. The molecule has 0 N–H and O–H groups in total. The largest absolute Gasteiger partial charge is 0.134 e. The second-order valence-electron chi connectivity index (χ2n) is 3.24. The van der Waals surface area contributed by atoms with E-state index in [2.05, 4.69) is 46.5 Å². The van der Waals surface area contributed by atoms with Gasteiger partial charge in [0.25, 0.3) is 0 Å². The maximum absolute atomic E-state index is 2.93. The zero-order valence-electron chi connectivity index (χ0n) is 7.66. The van der Waals surface area contributed by atoms with Crippen LogP contribution >= 0.6 is 9.24 Å². The van der Waals surface area contributed by atoms with Crippen molar-refractivity contribution in [2.75, 3.05) is 0 Å². The average molecular weight is 180 g/mol. The third-order valence-corrected chi connectivity index (χ3v) is 2.57. The topological polar surface area (TPSA) is 0 Å². The lowest BCUT2D eigenvalue weighted by Crippen LogP contribution is -2.01. The summed E-state index contributed by atoms with van der Waals surface area (Å²) in [6.45, 7) is 2.24. The second-order valence-corrected chi connectivity index (χ2v) is 4.18. The van der Waals surface area contributed by atoms with Gasteiger partial charge in [0.15, 0.2) is 0 Å². The fourth-order valence-corrected chi connectivity index (χ4v) is 2.00. The van der Waals surface area contributed by atoms with Crippen molar-refractivity contribution in [3.8, 4) is 0 Å². The van der Waals surface area contributed by atoms with Crippen LogP contribution in [-0.2, 0) is 6.42 Å². The van der Waals surface area contributed by atoms with Crippen molar-refractivity contribution < 1.29 is 0 Å². The predicted octanol–water partition coefficient (Wildman–Crippen LogP) is 3.27. The van der Waals surface area contributed by atoms with Gasteiger partial charge in [-0.3, -0.25) is 0 Å². The molecule has 1 heteroatoms. The Bertz CT molecular complexity index is 206. The van der Waals surface area contributed by atoms with E-state index >= 15 is 0 Å². The Hall–Kier alpha value is -0.350. The van der Waals surface area contributed by atoms with Gasteiger partial charge in [0.1, 0.15) is 0 Å². The molecule has 0 saturated heterocycles. The monoisotopic (exact) mass is 180 g/mol. The highest BCUT2D eigenvalue weighted by Gasteiger charge is 2.00. The number of hydrogen-bond donors (Lipinski definition) is 0. The van der Waals surface area contributed by atoms with E-state index in [0.29, 0.717) is 0 Å². The second kappa shape index (κ2) is 5.32. The summed E-state index contributed by atoms with van der Waals surface area (Å²) in [5.41, 5.74) is 2.20. The molecule has 0 fully saturated rings. The molecule has 0 aliphatic carbocycles. The van der Waals surface area contributed by atoms with Crippen molar-refractivity contribution in [2.45, 2.75) is 31.8 Å². The maximum atomic E-state index is 2.93. The van der Waals surface area contributed by atoms with Crippen LogP contribution in [0.2, 0.25) is 0 Å². The highest BCUT2D eigenvalue weighted by Crippen LogP contribution is 2.14. The van der Waals surface area contributed by atoms with Crippen LogP contribution < -0.4 is 0 Å². The third-order valence-electron chi connectivity index (χ3n) is 2.00. The van der Waals surface area contributed by atoms with Crippen LogP contribution in [0.25, 0.3) is 0 Å². The fraction of sp³-hybridized carbons (Fsp3) is 0.455. The minimum atomic E-state index is 0.748. The summed E-state index contributed by atoms with van der Waals surface area (Å²) in [5, 5.41) is 0. The Kier molecular flexibility index (Phi) is 4.32. The smallest absolute Gasteiger partial charge is 0.0216 e. The van der Waals surface area contributed by atoms with Crippen molar-refractivity contribution in [1.82, 2.24) is 0 Å². The first-order valence-electron chi connectivity index (χ1n) is 4.62. The average Bonchev–Trinajstić information content (AvgIpc) is 2.06. The van der Waals surface area contributed by atoms with Crippen molar-refractivity contribution in [1.29, 1.82) is 0 Å². The number of rotatable bonds is 4. The van der Waals surface area contributed by atoms with Gasteiger partial charge in [-0.25, -0.2) is 0 Å². The summed E-state index contributed by atoms with van der Waals surface area (Å²) in [5.74, 6) is 0. The summed E-state index contributed by atoms with van der Waals surface area (Å²) >= 11 is 0. The molecule has 0 amide bonds. The molecule has 1 unspecified atom stereocenters. The van der Waals surface area contributed by atoms with Gasteiger partial charge in [-0.05, 0) is 24.1 Å². The maximum Gasteiger partial charge on any atom is -0.0216 e. The van der Waals surface area contributed by atoms with Crippen molar-refractivity contribution in [3.05, 3.63) is 35.9 Å². The van der Waals surface area contributed by atoms with Crippen molar-refractivity contribution in [2.24, 2.45) is 0 Å². The van der Waals surface area contributed by atoms with E-state index in [9.17, 15) is 0 Å². The molecule has 66 valence electrons. The molecule has 1 aromatic rings. The highest BCUT2D eigenvalue weighted by atomic mass is 31.0. The Labute approximate surface area is 77.6 Å². The predicted molar refractivity (Wildman–Crippen MR) is 58.6 cm³/mol. The molecule has 0 aliphatic heterocycles. The lowest BCUT2D eigenvalue weighted by molar-refractivity contribution is 0.735. The normalized spacial score (nSPS) is 12.8. The summed E-state index contributed by atoms with van der Waals surface area (Å²) in [6, 6.07) is 10.7. The van der Waals surface area contributed by atoms with Gasteiger partial charge in [-0.15, -0.1) is 9.24 Å². The molecular weight excluding hydrogens is 163 g/mol. The quantitative estimate of drug-likeness (QED) is 0.624. The van der Waals surface area contributed by atoms with Crippen molar-refractivity contribution >= 4 is 9.24 Å². The summed E-state index contributed by atoms with van der Waals surface area (Å²) in [6.07, 6.45) is 3.78. The van der Waals surface area contributed by atoms with Gasteiger partial charge in [0, 0.05) is 0 Å². The van der Waals surface area contributed by atoms with E-state index in [1.165, 1.54) is 24.8 Å². The number of benzene rings is 1. The van der Waals surface area contributed by atoms with Gasteiger partial charge in [-0.2, -0.15) is 0 Å². The lowest BCUT2D eigenvalue weighted by atomic mass is 10.1. The Morgan fingerprint density at radius 1 is 1.25 bits per heavy atom. The minimum absolute atomic E-state index is 0.748. The third kappa shape index (κ3) is 3.36. The zero-order valence-corrected chi connectivity index (χ0v) is 8.82. The molecule has 1 rings (SSSR count). The molecule has 0 saturated carbocycles. The molecule has 0 bridgehead atoms. The molecule has 0 nitrogen and oxygen atoms in total. The van der Waals surface area contributed by atoms with Crippen LogP contribution in [0.3, 0.4) is 0 Å². The number of hydrogen-bond acceptors (Lipinski definition) is 0. The van der Waals surface area contributed by atoms with Crippen LogP contribution in [0.5, 0.6) is 0 Å². The molecule has 0 aromatic heterocycles. The molecule has 0 radical (unpaired) electrons. The summed E-state index contributed by atoms with van der Waals surface area (Å²) in [4.78, 5) is 0. The van der Waals surface area contributed by atoms with E-state index in [0.717, 1.165) is 5.66 Å². The van der Waals surface area contributed by atoms with Gasteiger partial charge >= 0.3 is 0 Å². The Morgan fingerprint density at radius 2 is 1.92 bits per heavy atom. The van der Waals surface area contributed by atoms with Crippen molar-refractivity contribution in [3.63, 3.8) is 0 Å². The first kappa shape index (κ1) is 9.74. The standard InChI is InChI=1S/C11H17P/c1-2-6-11(12)9-10-7-4-3-5-8-10/h3-5,7-8,11H,2,6,9,12H2,1H3/t11-/m0/s1. The molecule has 2 atom stereocenters. The molecule has 0 aliphatic rings. The van der Waals surface area contributed by atoms with Crippen LogP contribution in [0.15, 0.2) is 30.3 Å². The van der Waals surface area contributed by atoms with Gasteiger partial charge in [-0.1, -0.05) is 43.7 Å². The molecule has 12 heavy (non-hydrogen) atoms. The van der Waals surface area contributed by atoms with Crippen LogP contribution in [0.1, 0.15) is 25.3 Å². The highest BCUT2D eigenvalue weighted by molar-refractivity contribution is 7.17. The first-order chi connectivity index (χ1) is 5.83. The first-order valence-corrected chi connectivity index (χ1v) is 5.29. The molecule has 0 heterocycles. The van der Waals surface area contributed by atoms with Gasteiger partial charge in [0.05, 0.1) is 0 Å². The van der Waals surface area contributed by atoms with E-state index in [-0.39, 0.29) is 0 Å². The van der Waals surface area contributed by atoms with E-state index in [4.69, 9.17) is 0 Å². The summed E-state index contributed by atoms with van der Waals surface area (Å²) < 4.78 is 0. The van der Waals surface area contributed by atoms with Gasteiger partial charge < -0.3 is 0 Å². The lowest BCUT2D eigenvalue weighted by Gasteiger charge is -2.08. The van der Waals surface area contributed by atoms with E-state index in [1.54, 1.807) is 0 Å².